The van der Waals surface area contributed by atoms with Gasteiger partial charge in [0.15, 0.2) is 5.82 Å². The Balaban J connectivity index is 1.74. The number of fused-ring (bicyclic) bond motifs is 1. The van der Waals surface area contributed by atoms with E-state index in [1.807, 2.05) is 30.3 Å². The van der Waals surface area contributed by atoms with E-state index in [0.717, 1.165) is 28.5 Å². The highest BCUT2D eigenvalue weighted by molar-refractivity contribution is 5.93. The normalized spacial score (nSPS) is 11.0. The number of rotatable bonds is 5. The number of benzene rings is 1. The minimum absolute atomic E-state index is 0.250. The number of nitrogens with one attached hydrogen (secondary N) is 3. The molecule has 0 spiro atoms. The van der Waals surface area contributed by atoms with Crippen LogP contribution in [0.4, 0.5) is 16.4 Å². The van der Waals surface area contributed by atoms with Crippen LogP contribution in [0.15, 0.2) is 36.5 Å². The number of amides is 2. The van der Waals surface area contributed by atoms with Gasteiger partial charge in [-0.1, -0.05) is 19.9 Å². The first-order chi connectivity index (χ1) is 12.0. The van der Waals surface area contributed by atoms with Crippen molar-refractivity contribution in [2.24, 2.45) is 5.92 Å². The largest absolute Gasteiger partial charge is 0.382 e. The highest BCUT2D eigenvalue weighted by atomic mass is 16.2. The Morgan fingerprint density at radius 2 is 2.04 bits per heavy atom. The van der Waals surface area contributed by atoms with Gasteiger partial charge in [0.1, 0.15) is 5.82 Å². The molecule has 0 unspecified atom stereocenters. The van der Waals surface area contributed by atoms with Crippen LogP contribution in [-0.4, -0.2) is 27.8 Å². The molecule has 0 saturated heterocycles. The van der Waals surface area contributed by atoms with Gasteiger partial charge in [0.25, 0.3) is 0 Å². The molecule has 0 aliphatic rings. The summed E-state index contributed by atoms with van der Waals surface area (Å²) in [6.45, 7) is 4.88. The van der Waals surface area contributed by atoms with Crippen LogP contribution in [-0.2, 0) is 0 Å². The Hall–Kier alpha value is -3.09. The molecule has 0 radical (unpaired) electrons. The summed E-state index contributed by atoms with van der Waals surface area (Å²) >= 11 is 0. The van der Waals surface area contributed by atoms with Crippen molar-refractivity contribution >= 4 is 28.6 Å². The second-order valence-corrected chi connectivity index (χ2v) is 6.36. The van der Waals surface area contributed by atoms with E-state index in [1.54, 1.807) is 6.20 Å². The van der Waals surface area contributed by atoms with E-state index in [4.69, 9.17) is 5.73 Å². The molecule has 0 fully saturated rings. The molecule has 2 aromatic heterocycles. The van der Waals surface area contributed by atoms with Gasteiger partial charge in [0, 0.05) is 18.1 Å². The van der Waals surface area contributed by atoms with E-state index in [9.17, 15) is 4.79 Å². The van der Waals surface area contributed by atoms with Crippen LogP contribution in [0.1, 0.15) is 20.3 Å². The number of aromatic nitrogens is 3. The predicted octanol–water partition coefficient (Wildman–Crippen LogP) is 3.37. The maximum atomic E-state index is 11.9. The molecule has 0 atom stereocenters. The van der Waals surface area contributed by atoms with Crippen LogP contribution in [0.3, 0.4) is 0 Å². The molecule has 3 aromatic rings. The van der Waals surface area contributed by atoms with Crippen LogP contribution in [0.25, 0.3) is 22.0 Å². The maximum absolute atomic E-state index is 11.9. The van der Waals surface area contributed by atoms with Crippen molar-refractivity contribution in [3.8, 4) is 11.1 Å². The molecule has 3 rings (SSSR count). The van der Waals surface area contributed by atoms with E-state index < -0.39 is 0 Å². The lowest BCUT2D eigenvalue weighted by molar-refractivity contribution is 0.251. The Morgan fingerprint density at radius 1 is 1.24 bits per heavy atom. The number of carbonyl (C=O) groups is 1. The Morgan fingerprint density at radius 3 is 2.84 bits per heavy atom. The molecule has 0 aliphatic carbocycles. The molecule has 0 bridgehead atoms. The average Bonchev–Trinajstić information content (AvgIpc) is 2.95. The third-order valence-corrected chi connectivity index (χ3v) is 3.93. The predicted molar refractivity (Wildman–Crippen MR) is 100 cm³/mol. The van der Waals surface area contributed by atoms with Gasteiger partial charge >= 0.3 is 6.03 Å². The number of pyridine rings is 1. The van der Waals surface area contributed by atoms with Crippen LogP contribution in [0.2, 0.25) is 0 Å². The summed E-state index contributed by atoms with van der Waals surface area (Å²) in [4.78, 5) is 16.1. The highest BCUT2D eigenvalue weighted by Crippen LogP contribution is 2.27. The summed E-state index contributed by atoms with van der Waals surface area (Å²) in [7, 11) is 0. The van der Waals surface area contributed by atoms with Crippen LogP contribution < -0.4 is 16.4 Å². The molecular formula is C18H22N6O. The van der Waals surface area contributed by atoms with E-state index in [1.165, 1.54) is 0 Å². The average molecular weight is 338 g/mol. The van der Waals surface area contributed by atoms with Gasteiger partial charge in [-0.3, -0.25) is 10.4 Å². The van der Waals surface area contributed by atoms with Gasteiger partial charge in [-0.05, 0) is 47.7 Å². The van der Waals surface area contributed by atoms with Crippen molar-refractivity contribution in [1.29, 1.82) is 0 Å². The minimum atomic E-state index is -0.250. The van der Waals surface area contributed by atoms with E-state index in [-0.39, 0.29) is 6.03 Å². The number of aromatic amines is 1. The standard InChI is InChI=1S/C18H22N6O/c1-11(2)5-7-21-18(25)22-16-10-13(6-8-20-16)12-3-4-15-14(9-12)17(19)24-23-15/h3-4,6,8-11H,5,7H2,1-2H3,(H3,19,23,24)(H2,20,21,22,25). The molecule has 5 N–H and O–H groups in total. The number of H-pyrrole nitrogens is 1. The zero-order valence-corrected chi connectivity index (χ0v) is 14.3. The second kappa shape index (κ2) is 7.21. The summed E-state index contributed by atoms with van der Waals surface area (Å²) in [6.07, 6.45) is 2.61. The molecule has 2 heterocycles. The third kappa shape index (κ3) is 4.06. The fourth-order valence-electron chi connectivity index (χ4n) is 2.53. The fraction of sp³-hybridized carbons (Fsp3) is 0.278. The number of nitrogens with zero attached hydrogens (tertiary/aromatic N) is 2. The molecule has 7 nitrogen and oxygen atoms in total. The van der Waals surface area contributed by atoms with E-state index >= 15 is 0 Å². The summed E-state index contributed by atoms with van der Waals surface area (Å²) in [5.41, 5.74) is 8.67. The summed E-state index contributed by atoms with van der Waals surface area (Å²) < 4.78 is 0. The first-order valence-corrected chi connectivity index (χ1v) is 8.28. The zero-order chi connectivity index (χ0) is 17.8. The Labute approximate surface area is 146 Å². The molecule has 25 heavy (non-hydrogen) atoms. The minimum Gasteiger partial charge on any atom is -0.382 e. The van der Waals surface area contributed by atoms with Gasteiger partial charge in [-0.25, -0.2) is 9.78 Å². The number of carbonyl (C=O) groups excluding carboxylic acids is 1. The van der Waals surface area contributed by atoms with Crippen molar-refractivity contribution in [1.82, 2.24) is 20.5 Å². The zero-order valence-electron chi connectivity index (χ0n) is 14.3. The first kappa shape index (κ1) is 16.8. The number of urea groups is 1. The van der Waals surface area contributed by atoms with Crippen molar-refractivity contribution in [3.63, 3.8) is 0 Å². The third-order valence-electron chi connectivity index (χ3n) is 3.93. The molecule has 7 heteroatoms. The smallest absolute Gasteiger partial charge is 0.320 e. The number of nitrogen functional groups attached to an aromatic ring is 1. The number of hydrogen-bond donors (Lipinski definition) is 4. The van der Waals surface area contributed by atoms with E-state index in [0.29, 0.717) is 24.1 Å². The van der Waals surface area contributed by atoms with E-state index in [2.05, 4.69) is 39.7 Å². The van der Waals surface area contributed by atoms with Gasteiger partial charge in [-0.15, -0.1) is 0 Å². The molecule has 0 saturated carbocycles. The fourth-order valence-corrected chi connectivity index (χ4v) is 2.53. The number of anilines is 2. The molecular weight excluding hydrogens is 316 g/mol. The second-order valence-electron chi connectivity index (χ2n) is 6.36. The summed E-state index contributed by atoms with van der Waals surface area (Å²) in [5, 5.41) is 13.3. The van der Waals surface area contributed by atoms with Gasteiger partial charge in [0.2, 0.25) is 0 Å². The first-order valence-electron chi connectivity index (χ1n) is 8.28. The van der Waals surface area contributed by atoms with Crippen molar-refractivity contribution in [2.75, 3.05) is 17.6 Å². The van der Waals surface area contributed by atoms with Crippen molar-refractivity contribution in [2.45, 2.75) is 20.3 Å². The van der Waals surface area contributed by atoms with Gasteiger partial charge in [0.05, 0.1) is 5.52 Å². The van der Waals surface area contributed by atoms with Crippen molar-refractivity contribution in [3.05, 3.63) is 36.5 Å². The number of hydrogen-bond acceptors (Lipinski definition) is 4. The summed E-state index contributed by atoms with van der Waals surface area (Å²) in [6, 6.07) is 9.34. The molecule has 130 valence electrons. The topological polar surface area (TPSA) is 109 Å². The van der Waals surface area contributed by atoms with Crippen LogP contribution in [0, 0.1) is 5.92 Å². The SMILES string of the molecule is CC(C)CCNC(=O)Nc1cc(-c2ccc3[nH]nc(N)c3c2)ccn1. The van der Waals surface area contributed by atoms with Crippen LogP contribution >= 0.6 is 0 Å². The lowest BCUT2D eigenvalue weighted by Gasteiger charge is -2.09. The van der Waals surface area contributed by atoms with Crippen molar-refractivity contribution < 1.29 is 4.79 Å². The molecule has 1 aromatic carbocycles. The molecule has 2 amide bonds. The summed E-state index contributed by atoms with van der Waals surface area (Å²) in [5.74, 6) is 1.51. The van der Waals surface area contributed by atoms with Gasteiger partial charge in [-0.2, -0.15) is 5.10 Å². The maximum Gasteiger partial charge on any atom is 0.320 e. The Bertz CT molecular complexity index is 886. The number of nitrogens with two attached hydrogens (primary N) is 1. The van der Waals surface area contributed by atoms with Crippen LogP contribution in [0.5, 0.6) is 0 Å². The quantitative estimate of drug-likeness (QED) is 0.572. The van der Waals surface area contributed by atoms with Gasteiger partial charge < -0.3 is 11.1 Å². The highest BCUT2D eigenvalue weighted by Gasteiger charge is 2.07. The Kier molecular flexibility index (Phi) is 4.83. The lowest BCUT2D eigenvalue weighted by Crippen LogP contribution is -2.30. The monoisotopic (exact) mass is 338 g/mol. The lowest BCUT2D eigenvalue weighted by atomic mass is 10.0. The molecule has 0 aliphatic heterocycles.